The van der Waals surface area contributed by atoms with Gasteiger partial charge >= 0.3 is 11.9 Å². The average Bonchev–Trinajstić information content (AvgIpc) is 2.12. The first-order valence-electron chi connectivity index (χ1n) is 6.22. The summed E-state index contributed by atoms with van der Waals surface area (Å²) in [5.41, 5.74) is 2.18. The first kappa shape index (κ1) is 14.7. The van der Waals surface area contributed by atoms with Crippen molar-refractivity contribution >= 4 is 11.9 Å². The highest BCUT2D eigenvalue weighted by Crippen LogP contribution is 2.41. The Morgan fingerprint density at radius 1 is 1.28 bits per heavy atom. The quantitative estimate of drug-likeness (QED) is 0.574. The minimum Gasteiger partial charge on any atom is -0.462 e. The van der Waals surface area contributed by atoms with Gasteiger partial charge in [-0.3, -0.25) is 9.59 Å². The minimum absolute atomic E-state index is 0.0708. The molecule has 18 heavy (non-hydrogen) atoms. The Hall–Kier alpha value is -1.32. The second-order valence-corrected chi connectivity index (χ2v) is 5.56. The van der Waals surface area contributed by atoms with Gasteiger partial charge in [-0.1, -0.05) is 19.4 Å². The van der Waals surface area contributed by atoms with Crippen LogP contribution >= 0.6 is 0 Å². The third-order valence-corrected chi connectivity index (χ3v) is 3.36. The van der Waals surface area contributed by atoms with Gasteiger partial charge < -0.3 is 9.47 Å². The van der Waals surface area contributed by atoms with Gasteiger partial charge in [-0.05, 0) is 24.3 Å². The van der Waals surface area contributed by atoms with Crippen LogP contribution in [0.3, 0.4) is 0 Å². The van der Waals surface area contributed by atoms with E-state index in [1.54, 1.807) is 0 Å². The highest BCUT2D eigenvalue weighted by Gasteiger charge is 2.35. The molecule has 4 nitrogen and oxygen atoms in total. The summed E-state index contributed by atoms with van der Waals surface area (Å²) in [6, 6.07) is 0. The Labute approximate surface area is 108 Å². The Morgan fingerprint density at radius 2 is 1.89 bits per heavy atom. The maximum absolute atomic E-state index is 11.0. The maximum Gasteiger partial charge on any atom is 0.302 e. The van der Waals surface area contributed by atoms with Crippen LogP contribution in [0.4, 0.5) is 0 Å². The van der Waals surface area contributed by atoms with Crippen molar-refractivity contribution in [2.45, 2.75) is 53.6 Å². The summed E-state index contributed by atoms with van der Waals surface area (Å²) in [6.07, 6.45) is 1.42. The topological polar surface area (TPSA) is 52.6 Å². The van der Waals surface area contributed by atoms with Crippen molar-refractivity contribution in [3.63, 3.8) is 0 Å². The van der Waals surface area contributed by atoms with E-state index in [1.165, 1.54) is 13.8 Å². The molecule has 0 spiro atoms. The van der Waals surface area contributed by atoms with Crippen molar-refractivity contribution in [3.8, 4) is 0 Å². The molecule has 1 aliphatic rings. The molecule has 0 aromatic carbocycles. The summed E-state index contributed by atoms with van der Waals surface area (Å²) in [6.45, 7) is 9.36. The lowest BCUT2D eigenvalue weighted by Gasteiger charge is -2.38. The lowest BCUT2D eigenvalue weighted by Crippen LogP contribution is -2.33. The zero-order valence-electron chi connectivity index (χ0n) is 11.8. The third-order valence-electron chi connectivity index (χ3n) is 3.36. The van der Waals surface area contributed by atoms with E-state index in [2.05, 4.69) is 13.8 Å². The van der Waals surface area contributed by atoms with E-state index in [4.69, 9.17) is 9.47 Å². The summed E-state index contributed by atoms with van der Waals surface area (Å²) >= 11 is 0. The van der Waals surface area contributed by atoms with Crippen LogP contribution in [0, 0.1) is 5.41 Å². The molecule has 4 heteroatoms. The van der Waals surface area contributed by atoms with Crippen LogP contribution < -0.4 is 0 Å². The molecule has 0 amide bonds. The van der Waals surface area contributed by atoms with Gasteiger partial charge in [0.15, 0.2) is 0 Å². The van der Waals surface area contributed by atoms with Crippen LogP contribution in [0.5, 0.6) is 0 Å². The molecule has 102 valence electrons. The van der Waals surface area contributed by atoms with Crippen LogP contribution in [0.1, 0.15) is 47.5 Å². The molecule has 0 heterocycles. The van der Waals surface area contributed by atoms with Crippen molar-refractivity contribution in [2.75, 3.05) is 6.61 Å². The van der Waals surface area contributed by atoms with E-state index in [0.717, 1.165) is 24.0 Å². The van der Waals surface area contributed by atoms with E-state index in [1.807, 2.05) is 6.92 Å². The van der Waals surface area contributed by atoms with Crippen molar-refractivity contribution in [1.29, 1.82) is 0 Å². The molecule has 0 fully saturated rings. The zero-order valence-corrected chi connectivity index (χ0v) is 11.8. The van der Waals surface area contributed by atoms with Crippen molar-refractivity contribution in [3.05, 3.63) is 11.1 Å². The summed E-state index contributed by atoms with van der Waals surface area (Å²) in [5, 5.41) is 0. The number of esters is 2. The van der Waals surface area contributed by atoms with E-state index >= 15 is 0 Å². The summed E-state index contributed by atoms with van der Waals surface area (Å²) in [7, 11) is 0. The fraction of sp³-hybridized carbons (Fsp3) is 0.714. The first-order valence-corrected chi connectivity index (χ1v) is 6.22. The van der Waals surface area contributed by atoms with Gasteiger partial charge in [0.25, 0.3) is 0 Å². The van der Waals surface area contributed by atoms with Gasteiger partial charge in [0.1, 0.15) is 12.7 Å². The molecule has 1 aliphatic carbocycles. The largest absolute Gasteiger partial charge is 0.462 e. The molecule has 0 aliphatic heterocycles. The molecule has 0 aromatic heterocycles. The Balaban J connectivity index is 2.82. The van der Waals surface area contributed by atoms with Gasteiger partial charge in [-0.15, -0.1) is 0 Å². The summed E-state index contributed by atoms with van der Waals surface area (Å²) in [5.74, 6) is -0.514. The van der Waals surface area contributed by atoms with Gasteiger partial charge in [-0.25, -0.2) is 0 Å². The zero-order chi connectivity index (χ0) is 13.9. The highest BCUT2D eigenvalue weighted by molar-refractivity contribution is 5.66. The number of ether oxygens (including phenoxy) is 2. The number of hydrogen-bond donors (Lipinski definition) is 0. The normalized spacial score (nSPS) is 22.6. The van der Waals surface area contributed by atoms with Gasteiger partial charge in [0.05, 0.1) is 0 Å². The number of carbonyl (C=O) groups is 2. The third kappa shape index (κ3) is 3.86. The molecular formula is C14H22O4. The Bertz CT molecular complexity index is 379. The minimum atomic E-state index is -0.270. The lowest BCUT2D eigenvalue weighted by atomic mass is 9.72. The van der Waals surface area contributed by atoms with Crippen LogP contribution in [0.25, 0.3) is 0 Å². The predicted molar refractivity (Wildman–Crippen MR) is 67.9 cm³/mol. The van der Waals surface area contributed by atoms with Crippen molar-refractivity contribution in [1.82, 2.24) is 0 Å². The second-order valence-electron chi connectivity index (χ2n) is 5.56. The van der Waals surface area contributed by atoms with E-state index in [9.17, 15) is 9.59 Å². The second kappa shape index (κ2) is 5.55. The Morgan fingerprint density at radius 3 is 2.33 bits per heavy atom. The molecule has 1 atom stereocenters. The fourth-order valence-corrected chi connectivity index (χ4v) is 2.62. The van der Waals surface area contributed by atoms with Gasteiger partial charge in [0, 0.05) is 20.3 Å². The monoisotopic (exact) mass is 254 g/mol. The van der Waals surface area contributed by atoms with E-state index in [0.29, 0.717) is 6.61 Å². The highest BCUT2D eigenvalue weighted by atomic mass is 16.5. The van der Waals surface area contributed by atoms with Crippen LogP contribution in [-0.2, 0) is 19.1 Å². The molecule has 0 aromatic rings. The van der Waals surface area contributed by atoms with Gasteiger partial charge in [-0.2, -0.15) is 0 Å². The summed E-state index contributed by atoms with van der Waals surface area (Å²) < 4.78 is 10.4. The first-order chi connectivity index (χ1) is 8.22. The maximum atomic E-state index is 11.0. The van der Waals surface area contributed by atoms with Crippen LogP contribution in [0.2, 0.25) is 0 Å². The molecular weight excluding hydrogens is 232 g/mol. The Kier molecular flexibility index (Phi) is 4.54. The van der Waals surface area contributed by atoms with E-state index < -0.39 is 0 Å². The average molecular weight is 254 g/mol. The van der Waals surface area contributed by atoms with Crippen LogP contribution in [0.15, 0.2) is 11.1 Å². The standard InChI is InChI=1S/C14H22O4/c1-9-6-12(18-11(3)16)7-14(4,5)13(9)8-17-10(2)15/h12H,6-8H2,1-5H3. The molecule has 0 saturated heterocycles. The molecule has 0 bridgehead atoms. The number of rotatable bonds is 3. The van der Waals surface area contributed by atoms with E-state index in [-0.39, 0.29) is 23.5 Å². The number of carbonyl (C=O) groups excluding carboxylic acids is 2. The van der Waals surface area contributed by atoms with Crippen molar-refractivity contribution in [2.24, 2.45) is 5.41 Å². The fourth-order valence-electron chi connectivity index (χ4n) is 2.62. The lowest BCUT2D eigenvalue weighted by molar-refractivity contribution is -0.147. The van der Waals surface area contributed by atoms with Gasteiger partial charge in [0.2, 0.25) is 0 Å². The smallest absolute Gasteiger partial charge is 0.302 e. The molecule has 1 rings (SSSR count). The van der Waals surface area contributed by atoms with Crippen molar-refractivity contribution < 1.29 is 19.1 Å². The SMILES string of the molecule is CC(=O)OCC1=C(C)CC(OC(C)=O)CC1(C)C. The molecule has 1 unspecified atom stereocenters. The number of hydrogen-bond acceptors (Lipinski definition) is 4. The molecule has 0 radical (unpaired) electrons. The predicted octanol–water partition coefficient (Wildman–Crippen LogP) is 2.62. The molecule has 0 saturated carbocycles. The summed E-state index contributed by atoms with van der Waals surface area (Å²) in [4.78, 5) is 21.9. The van der Waals surface area contributed by atoms with Crippen LogP contribution in [-0.4, -0.2) is 24.6 Å². The molecule has 0 N–H and O–H groups in total.